The van der Waals surface area contributed by atoms with Crippen molar-refractivity contribution in [3.63, 3.8) is 0 Å². The zero-order valence-corrected chi connectivity index (χ0v) is 14.3. The van der Waals surface area contributed by atoms with Gasteiger partial charge in [-0.05, 0) is 56.4 Å². The van der Waals surface area contributed by atoms with Gasteiger partial charge in [0.1, 0.15) is 5.60 Å². The van der Waals surface area contributed by atoms with E-state index in [2.05, 4.69) is 38.7 Å². The molecule has 20 heavy (non-hydrogen) atoms. The molecule has 112 valence electrons. The van der Waals surface area contributed by atoms with Crippen molar-refractivity contribution in [2.24, 2.45) is 0 Å². The highest BCUT2D eigenvalue weighted by Gasteiger charge is 2.21. The number of rotatable bonds is 1. The third kappa shape index (κ3) is 4.75. The second kappa shape index (κ2) is 5.68. The molecule has 4 heteroatoms. The summed E-state index contributed by atoms with van der Waals surface area (Å²) >= 11 is 4.52. The van der Waals surface area contributed by atoms with Crippen molar-refractivity contribution in [1.82, 2.24) is 0 Å². The van der Waals surface area contributed by atoms with E-state index >= 15 is 0 Å². The monoisotopic (exact) mass is 295 g/mol. The van der Waals surface area contributed by atoms with Crippen molar-refractivity contribution in [1.29, 1.82) is 0 Å². The summed E-state index contributed by atoms with van der Waals surface area (Å²) in [6.07, 6.45) is -0.438. The molecule has 0 saturated heterocycles. The molecule has 0 aromatic heterocycles. The van der Waals surface area contributed by atoms with Gasteiger partial charge < -0.3 is 4.74 Å². The Morgan fingerprint density at radius 3 is 2.15 bits per heavy atom. The number of hydrogen-bond acceptors (Lipinski definition) is 3. The quantitative estimate of drug-likeness (QED) is 0.721. The largest absolute Gasteiger partial charge is 0.444 e. The molecule has 0 atom stereocenters. The average molecular weight is 295 g/mol. The Hall–Kier alpha value is -1.16. The Labute approximate surface area is 127 Å². The molecule has 1 amide bonds. The van der Waals surface area contributed by atoms with Gasteiger partial charge in [-0.3, -0.25) is 5.32 Å². The lowest BCUT2D eigenvalue weighted by Crippen LogP contribution is -2.27. The molecule has 0 radical (unpaired) electrons. The smallest absolute Gasteiger partial charge is 0.412 e. The topological polar surface area (TPSA) is 38.3 Å². The molecule has 0 unspecified atom stereocenters. The first kappa shape index (κ1) is 16.9. The molecule has 0 heterocycles. The van der Waals surface area contributed by atoms with Crippen molar-refractivity contribution in [2.75, 3.05) is 5.32 Å². The lowest BCUT2D eigenvalue weighted by Gasteiger charge is -2.24. The van der Waals surface area contributed by atoms with Gasteiger partial charge in [0.15, 0.2) is 0 Å². The molecular formula is C16H25NO2S. The van der Waals surface area contributed by atoms with Crippen molar-refractivity contribution >= 4 is 24.4 Å². The summed E-state index contributed by atoms with van der Waals surface area (Å²) in [5.74, 6) is 0. The van der Waals surface area contributed by atoms with E-state index in [-0.39, 0.29) is 5.41 Å². The number of anilines is 1. The van der Waals surface area contributed by atoms with Gasteiger partial charge in [0.25, 0.3) is 0 Å². The third-order valence-corrected chi connectivity index (χ3v) is 3.16. The normalized spacial score (nSPS) is 12.2. The number of ether oxygens (including phenoxy) is 1. The van der Waals surface area contributed by atoms with E-state index in [1.54, 1.807) is 0 Å². The Bertz CT molecular complexity index is 510. The molecule has 0 spiro atoms. The minimum absolute atomic E-state index is 0.0326. The number of aryl methyl sites for hydroxylation is 1. The minimum Gasteiger partial charge on any atom is -0.444 e. The number of nitrogens with one attached hydrogen (secondary N) is 1. The highest BCUT2D eigenvalue weighted by atomic mass is 32.1. The molecule has 1 aromatic rings. The van der Waals surface area contributed by atoms with Gasteiger partial charge in [-0.25, -0.2) is 4.79 Å². The number of amides is 1. The van der Waals surface area contributed by atoms with Gasteiger partial charge in [0.2, 0.25) is 0 Å². The fourth-order valence-corrected chi connectivity index (χ4v) is 2.44. The maximum Gasteiger partial charge on any atom is 0.412 e. The number of hydrogen-bond donors (Lipinski definition) is 2. The number of thiol groups is 1. The molecule has 0 fully saturated rings. The van der Waals surface area contributed by atoms with E-state index in [1.807, 2.05) is 39.8 Å². The summed E-state index contributed by atoms with van der Waals surface area (Å²) in [6, 6.07) is 3.94. The van der Waals surface area contributed by atoms with E-state index in [0.29, 0.717) is 0 Å². The lowest BCUT2D eigenvalue weighted by atomic mass is 9.86. The highest BCUT2D eigenvalue weighted by Crippen LogP contribution is 2.32. The second-order valence-electron chi connectivity index (χ2n) is 7.06. The van der Waals surface area contributed by atoms with Crippen LogP contribution in [0, 0.1) is 6.92 Å². The Morgan fingerprint density at radius 1 is 1.15 bits per heavy atom. The summed E-state index contributed by atoms with van der Waals surface area (Å²) in [5.41, 5.74) is 2.29. The van der Waals surface area contributed by atoms with Crippen LogP contribution in [0.4, 0.5) is 10.5 Å². The summed E-state index contributed by atoms with van der Waals surface area (Å²) in [4.78, 5) is 12.8. The Morgan fingerprint density at radius 2 is 1.70 bits per heavy atom. The average Bonchev–Trinajstić information content (AvgIpc) is 2.17. The van der Waals surface area contributed by atoms with E-state index < -0.39 is 11.7 Å². The number of carbonyl (C=O) groups is 1. The fourth-order valence-electron chi connectivity index (χ4n) is 1.84. The van der Waals surface area contributed by atoms with Crippen LogP contribution >= 0.6 is 12.6 Å². The van der Waals surface area contributed by atoms with Crippen LogP contribution in [-0.2, 0) is 10.2 Å². The maximum absolute atomic E-state index is 11.9. The second-order valence-corrected chi connectivity index (χ2v) is 7.54. The predicted octanol–water partition coefficient (Wildman–Crippen LogP) is 4.93. The van der Waals surface area contributed by atoms with Crippen LogP contribution in [0.3, 0.4) is 0 Å². The van der Waals surface area contributed by atoms with Crippen molar-refractivity contribution in [2.45, 2.75) is 64.4 Å². The van der Waals surface area contributed by atoms with Gasteiger partial charge in [-0.1, -0.05) is 20.8 Å². The van der Waals surface area contributed by atoms with E-state index in [0.717, 1.165) is 21.7 Å². The van der Waals surface area contributed by atoms with Gasteiger partial charge >= 0.3 is 6.09 Å². The van der Waals surface area contributed by atoms with Gasteiger partial charge in [-0.15, -0.1) is 12.6 Å². The first-order valence-corrected chi connectivity index (χ1v) is 7.19. The van der Waals surface area contributed by atoms with Gasteiger partial charge in [0.05, 0.1) is 0 Å². The van der Waals surface area contributed by atoms with E-state index in [1.165, 1.54) is 0 Å². The summed E-state index contributed by atoms with van der Waals surface area (Å²) < 4.78 is 5.28. The van der Waals surface area contributed by atoms with Gasteiger partial charge in [0, 0.05) is 10.6 Å². The molecule has 0 aliphatic heterocycles. The predicted molar refractivity (Wildman–Crippen MR) is 87.0 cm³/mol. The van der Waals surface area contributed by atoms with E-state index in [4.69, 9.17) is 4.74 Å². The standard InChI is InChI=1S/C16H25NO2S/c1-10-8-13(20)11(15(2,3)4)9-12(10)17-14(18)19-16(5,6)7/h8-9,20H,1-7H3,(H,17,18). The van der Waals surface area contributed by atoms with Crippen LogP contribution in [0.25, 0.3) is 0 Å². The molecular weight excluding hydrogens is 270 g/mol. The SMILES string of the molecule is Cc1cc(S)c(C(C)(C)C)cc1NC(=O)OC(C)(C)C. The maximum atomic E-state index is 11.9. The molecule has 1 rings (SSSR count). The van der Waals surface area contributed by atoms with Crippen LogP contribution in [-0.4, -0.2) is 11.7 Å². The Balaban J connectivity index is 3.05. The lowest BCUT2D eigenvalue weighted by molar-refractivity contribution is 0.0636. The van der Waals surface area contributed by atoms with E-state index in [9.17, 15) is 4.79 Å². The van der Waals surface area contributed by atoms with Crippen molar-refractivity contribution in [3.05, 3.63) is 23.3 Å². The van der Waals surface area contributed by atoms with Crippen LogP contribution in [0.15, 0.2) is 17.0 Å². The molecule has 1 aromatic carbocycles. The zero-order chi connectivity index (χ0) is 15.7. The molecule has 3 nitrogen and oxygen atoms in total. The summed E-state index contributed by atoms with van der Waals surface area (Å²) in [5, 5.41) is 2.81. The summed E-state index contributed by atoms with van der Waals surface area (Å²) in [7, 11) is 0. The molecule has 0 saturated carbocycles. The Kier molecular flexibility index (Phi) is 4.80. The molecule has 1 N–H and O–H groups in total. The van der Waals surface area contributed by atoms with Crippen LogP contribution in [0.2, 0.25) is 0 Å². The first-order chi connectivity index (χ1) is 8.90. The minimum atomic E-state index is -0.506. The first-order valence-electron chi connectivity index (χ1n) is 6.74. The molecule has 0 bridgehead atoms. The number of carbonyl (C=O) groups excluding carboxylic acids is 1. The van der Waals surface area contributed by atoms with Crippen molar-refractivity contribution in [3.8, 4) is 0 Å². The summed E-state index contributed by atoms with van der Waals surface area (Å²) in [6.45, 7) is 13.8. The molecule has 0 aliphatic rings. The highest BCUT2D eigenvalue weighted by molar-refractivity contribution is 7.80. The molecule has 0 aliphatic carbocycles. The fraction of sp³-hybridized carbons (Fsp3) is 0.562. The zero-order valence-electron chi connectivity index (χ0n) is 13.4. The van der Waals surface area contributed by atoms with Crippen LogP contribution in [0.1, 0.15) is 52.7 Å². The van der Waals surface area contributed by atoms with Crippen molar-refractivity contribution < 1.29 is 9.53 Å². The van der Waals surface area contributed by atoms with Crippen LogP contribution < -0.4 is 5.32 Å². The number of benzene rings is 1. The third-order valence-electron chi connectivity index (χ3n) is 2.79. The van der Waals surface area contributed by atoms with Crippen LogP contribution in [0.5, 0.6) is 0 Å². The van der Waals surface area contributed by atoms with Gasteiger partial charge in [-0.2, -0.15) is 0 Å².